The van der Waals surface area contributed by atoms with Crippen LogP contribution in [0.4, 0.5) is 5.69 Å². The largest absolute Gasteiger partial charge is 0.493 e. The molecule has 0 atom stereocenters. The summed E-state index contributed by atoms with van der Waals surface area (Å²) in [7, 11) is 1.62. The summed E-state index contributed by atoms with van der Waals surface area (Å²) in [5, 5.41) is 9.45. The molecule has 0 aromatic heterocycles. The number of aliphatic imine (C=N–C) groups is 1. The normalized spacial score (nSPS) is 13.4. The molecule has 0 radical (unpaired) electrons. The first-order chi connectivity index (χ1) is 12.7. The SMILES string of the molecule is CCNC(=NCCCC(=O)NC1CC1)Nc1ccc(OCC)c(OC)c1.I. The van der Waals surface area contributed by atoms with Crippen LogP contribution in [0.15, 0.2) is 23.2 Å². The molecule has 1 aliphatic carbocycles. The van der Waals surface area contributed by atoms with Crippen LogP contribution >= 0.6 is 24.0 Å². The molecule has 8 heteroatoms. The Morgan fingerprint density at radius 2 is 2.04 bits per heavy atom. The van der Waals surface area contributed by atoms with Gasteiger partial charge < -0.3 is 25.4 Å². The van der Waals surface area contributed by atoms with Gasteiger partial charge in [-0.25, -0.2) is 0 Å². The van der Waals surface area contributed by atoms with Crippen LogP contribution < -0.4 is 25.4 Å². The Morgan fingerprint density at radius 3 is 2.67 bits per heavy atom. The predicted octanol–water partition coefficient (Wildman–Crippen LogP) is 3.15. The number of benzene rings is 1. The summed E-state index contributed by atoms with van der Waals surface area (Å²) in [6, 6.07) is 6.08. The van der Waals surface area contributed by atoms with Crippen molar-refractivity contribution >= 4 is 41.5 Å². The van der Waals surface area contributed by atoms with Crippen molar-refractivity contribution in [3.05, 3.63) is 18.2 Å². The number of carbonyl (C=O) groups is 1. The van der Waals surface area contributed by atoms with E-state index in [1.165, 1.54) is 0 Å². The van der Waals surface area contributed by atoms with E-state index in [2.05, 4.69) is 20.9 Å². The van der Waals surface area contributed by atoms with Gasteiger partial charge in [-0.15, -0.1) is 24.0 Å². The first-order valence-corrected chi connectivity index (χ1v) is 9.31. The van der Waals surface area contributed by atoms with Crippen LogP contribution in [-0.4, -0.2) is 44.7 Å². The summed E-state index contributed by atoms with van der Waals surface area (Å²) in [6.07, 6.45) is 3.46. The zero-order valence-electron chi connectivity index (χ0n) is 16.3. The molecule has 7 nitrogen and oxygen atoms in total. The van der Waals surface area contributed by atoms with Crippen LogP contribution in [0.2, 0.25) is 0 Å². The molecule has 3 N–H and O–H groups in total. The van der Waals surface area contributed by atoms with Crippen molar-refractivity contribution in [3.63, 3.8) is 0 Å². The monoisotopic (exact) mass is 490 g/mol. The summed E-state index contributed by atoms with van der Waals surface area (Å²) in [4.78, 5) is 16.2. The Bertz CT molecular complexity index is 621. The number of methoxy groups -OCH3 is 1. The Labute approximate surface area is 178 Å². The Balaban J connectivity index is 0.00000364. The Kier molecular flexibility index (Phi) is 10.9. The van der Waals surface area contributed by atoms with Crippen LogP contribution in [0, 0.1) is 0 Å². The molecule has 1 aliphatic rings. The highest BCUT2D eigenvalue weighted by molar-refractivity contribution is 14.0. The number of nitrogens with zero attached hydrogens (tertiary/aromatic N) is 1. The summed E-state index contributed by atoms with van der Waals surface area (Å²) in [5.74, 6) is 2.19. The van der Waals surface area contributed by atoms with E-state index in [1.54, 1.807) is 7.11 Å². The molecule has 1 aromatic rings. The minimum absolute atomic E-state index is 0. The molecule has 1 saturated carbocycles. The van der Waals surface area contributed by atoms with E-state index in [-0.39, 0.29) is 29.9 Å². The third kappa shape index (κ3) is 8.68. The molecule has 0 bridgehead atoms. The lowest BCUT2D eigenvalue weighted by Crippen LogP contribution is -2.31. The minimum atomic E-state index is 0. The van der Waals surface area contributed by atoms with Gasteiger partial charge in [0.25, 0.3) is 0 Å². The number of hydrogen-bond acceptors (Lipinski definition) is 4. The van der Waals surface area contributed by atoms with Crippen molar-refractivity contribution in [1.29, 1.82) is 0 Å². The fraction of sp³-hybridized carbons (Fsp3) is 0.579. The van der Waals surface area contributed by atoms with Gasteiger partial charge in [0.15, 0.2) is 17.5 Å². The molecule has 0 aliphatic heterocycles. The number of ether oxygens (including phenoxy) is 2. The topological polar surface area (TPSA) is 84.0 Å². The quantitative estimate of drug-likeness (QED) is 0.203. The summed E-state index contributed by atoms with van der Waals surface area (Å²) in [5.41, 5.74) is 0.858. The van der Waals surface area contributed by atoms with Gasteiger partial charge in [0.05, 0.1) is 13.7 Å². The van der Waals surface area contributed by atoms with E-state index in [9.17, 15) is 4.79 Å². The number of halogens is 1. The van der Waals surface area contributed by atoms with Crippen LogP contribution in [0.3, 0.4) is 0 Å². The van der Waals surface area contributed by atoms with Gasteiger partial charge in [-0.1, -0.05) is 0 Å². The van der Waals surface area contributed by atoms with E-state index in [1.807, 2.05) is 32.0 Å². The zero-order chi connectivity index (χ0) is 18.8. The highest BCUT2D eigenvalue weighted by Gasteiger charge is 2.22. The average molecular weight is 490 g/mol. The zero-order valence-corrected chi connectivity index (χ0v) is 18.7. The maximum atomic E-state index is 11.7. The lowest BCUT2D eigenvalue weighted by molar-refractivity contribution is -0.121. The number of nitrogens with one attached hydrogen (secondary N) is 3. The van der Waals surface area contributed by atoms with Crippen molar-refractivity contribution in [1.82, 2.24) is 10.6 Å². The van der Waals surface area contributed by atoms with E-state index >= 15 is 0 Å². The molecule has 27 heavy (non-hydrogen) atoms. The molecule has 1 amide bonds. The number of amides is 1. The second-order valence-electron chi connectivity index (χ2n) is 6.13. The molecular formula is C19H31IN4O3. The lowest BCUT2D eigenvalue weighted by atomic mass is 10.2. The molecule has 0 spiro atoms. The van der Waals surface area contributed by atoms with Gasteiger partial charge in [-0.2, -0.15) is 0 Å². The van der Waals surface area contributed by atoms with Crippen LogP contribution in [0.1, 0.15) is 39.5 Å². The maximum Gasteiger partial charge on any atom is 0.220 e. The number of hydrogen-bond donors (Lipinski definition) is 3. The van der Waals surface area contributed by atoms with Crippen LogP contribution in [0.5, 0.6) is 11.5 Å². The molecule has 152 valence electrons. The smallest absolute Gasteiger partial charge is 0.220 e. The summed E-state index contributed by atoms with van der Waals surface area (Å²) in [6.45, 7) is 5.87. The van der Waals surface area contributed by atoms with Crippen molar-refractivity contribution in [2.75, 3.05) is 32.1 Å². The van der Waals surface area contributed by atoms with Gasteiger partial charge in [0.2, 0.25) is 5.91 Å². The summed E-state index contributed by atoms with van der Waals surface area (Å²) < 4.78 is 10.9. The highest BCUT2D eigenvalue weighted by atomic mass is 127. The van der Waals surface area contributed by atoms with Gasteiger partial charge in [0, 0.05) is 37.3 Å². The van der Waals surface area contributed by atoms with Gasteiger partial charge in [0.1, 0.15) is 0 Å². The molecule has 0 heterocycles. The lowest BCUT2D eigenvalue weighted by Gasteiger charge is -2.14. The Hall–Kier alpha value is -1.71. The maximum absolute atomic E-state index is 11.7. The number of anilines is 1. The average Bonchev–Trinajstić information content (AvgIpc) is 3.44. The van der Waals surface area contributed by atoms with Crippen LogP contribution in [-0.2, 0) is 4.79 Å². The third-order valence-corrected chi connectivity index (χ3v) is 3.84. The molecular weight excluding hydrogens is 459 g/mol. The number of carbonyl (C=O) groups excluding carboxylic acids is 1. The van der Waals surface area contributed by atoms with Crippen molar-refractivity contribution in [3.8, 4) is 11.5 Å². The third-order valence-electron chi connectivity index (χ3n) is 3.84. The van der Waals surface area contributed by atoms with Crippen molar-refractivity contribution in [2.45, 2.75) is 45.6 Å². The van der Waals surface area contributed by atoms with Crippen molar-refractivity contribution in [2.24, 2.45) is 4.99 Å². The predicted molar refractivity (Wildman–Crippen MR) is 120 cm³/mol. The first-order valence-electron chi connectivity index (χ1n) is 9.31. The van der Waals surface area contributed by atoms with E-state index in [0.717, 1.165) is 31.5 Å². The second-order valence-corrected chi connectivity index (χ2v) is 6.13. The van der Waals surface area contributed by atoms with Crippen LogP contribution in [0.25, 0.3) is 0 Å². The molecule has 0 saturated heterocycles. The van der Waals surface area contributed by atoms with Crippen molar-refractivity contribution < 1.29 is 14.3 Å². The fourth-order valence-electron chi connectivity index (χ4n) is 2.42. The number of guanidine groups is 1. The molecule has 1 fully saturated rings. The first kappa shape index (κ1) is 23.3. The minimum Gasteiger partial charge on any atom is -0.493 e. The fourth-order valence-corrected chi connectivity index (χ4v) is 2.42. The van der Waals surface area contributed by atoms with E-state index in [4.69, 9.17) is 9.47 Å². The highest BCUT2D eigenvalue weighted by Crippen LogP contribution is 2.30. The summed E-state index contributed by atoms with van der Waals surface area (Å²) >= 11 is 0. The van der Waals surface area contributed by atoms with Gasteiger partial charge in [-0.3, -0.25) is 9.79 Å². The van der Waals surface area contributed by atoms with E-state index in [0.29, 0.717) is 43.1 Å². The molecule has 2 rings (SSSR count). The van der Waals surface area contributed by atoms with Gasteiger partial charge >= 0.3 is 0 Å². The van der Waals surface area contributed by atoms with Gasteiger partial charge in [-0.05, 0) is 45.2 Å². The second kappa shape index (κ2) is 12.6. The number of rotatable bonds is 10. The Morgan fingerprint density at radius 1 is 1.26 bits per heavy atom. The molecule has 1 aromatic carbocycles. The molecule has 0 unspecified atom stereocenters. The van der Waals surface area contributed by atoms with E-state index < -0.39 is 0 Å². The standard InChI is InChI=1S/C19H30N4O3.HI/c1-4-20-19(21-12-6-7-18(24)22-14-8-9-14)23-15-10-11-16(26-5-2)17(13-15)25-3;/h10-11,13-14H,4-9,12H2,1-3H3,(H,22,24)(H2,20,21,23);1H.